The van der Waals surface area contributed by atoms with Crippen LogP contribution in [0.25, 0.3) is 11.0 Å². The SMILES string of the molecule is OC1(c2ccc(F)cc2)CN(c2cnc3cc(Cl)c(Cl)cc3n2)C1. The molecule has 4 rings (SSSR count). The van der Waals surface area contributed by atoms with Gasteiger partial charge in [-0.05, 0) is 29.8 Å². The highest BCUT2D eigenvalue weighted by molar-refractivity contribution is 6.42. The van der Waals surface area contributed by atoms with Crippen molar-refractivity contribution >= 4 is 40.1 Å². The second-order valence-electron chi connectivity index (χ2n) is 5.88. The monoisotopic (exact) mass is 363 g/mol. The molecule has 7 heteroatoms. The molecule has 0 amide bonds. The lowest BCUT2D eigenvalue weighted by atomic mass is 9.86. The van der Waals surface area contributed by atoms with Crippen LogP contribution in [-0.4, -0.2) is 28.2 Å². The summed E-state index contributed by atoms with van der Waals surface area (Å²) in [5.74, 6) is 0.321. The zero-order chi connectivity index (χ0) is 16.9. The molecule has 0 unspecified atom stereocenters. The molecule has 4 nitrogen and oxygen atoms in total. The first-order valence-electron chi connectivity index (χ1n) is 7.30. The van der Waals surface area contributed by atoms with Crippen molar-refractivity contribution in [2.45, 2.75) is 5.60 Å². The van der Waals surface area contributed by atoms with Gasteiger partial charge in [0, 0.05) is 0 Å². The van der Waals surface area contributed by atoms with Crippen LogP contribution >= 0.6 is 23.2 Å². The molecular weight excluding hydrogens is 352 g/mol. The lowest BCUT2D eigenvalue weighted by Crippen LogP contribution is -2.59. The van der Waals surface area contributed by atoms with E-state index >= 15 is 0 Å². The molecule has 0 saturated carbocycles. The maximum absolute atomic E-state index is 13.0. The van der Waals surface area contributed by atoms with E-state index < -0.39 is 5.60 Å². The number of β-amino-alcohol motifs (C(OH)–C–C–N with tert-alkyl or cyclic N) is 1. The molecular formula is C17H12Cl2FN3O. The Hall–Kier alpha value is -1.95. The molecule has 1 saturated heterocycles. The largest absolute Gasteiger partial charge is 0.381 e. The number of anilines is 1. The van der Waals surface area contributed by atoms with Gasteiger partial charge in [0.05, 0.1) is 40.4 Å². The minimum atomic E-state index is -1.01. The third-order valence-corrected chi connectivity index (χ3v) is 4.90. The summed E-state index contributed by atoms with van der Waals surface area (Å²) in [4.78, 5) is 10.8. The molecule has 1 aromatic heterocycles. The third-order valence-electron chi connectivity index (χ3n) is 4.18. The lowest BCUT2D eigenvalue weighted by Gasteiger charge is -2.47. The van der Waals surface area contributed by atoms with E-state index in [0.29, 0.717) is 45.5 Å². The summed E-state index contributed by atoms with van der Waals surface area (Å²) in [6, 6.07) is 9.22. The summed E-state index contributed by atoms with van der Waals surface area (Å²) in [5, 5.41) is 11.5. The Morgan fingerprint density at radius 3 is 2.33 bits per heavy atom. The van der Waals surface area contributed by atoms with Gasteiger partial charge in [0.25, 0.3) is 0 Å². The topological polar surface area (TPSA) is 49.2 Å². The fourth-order valence-corrected chi connectivity index (χ4v) is 3.16. The van der Waals surface area contributed by atoms with Crippen LogP contribution < -0.4 is 4.90 Å². The van der Waals surface area contributed by atoms with Gasteiger partial charge in [-0.3, -0.25) is 4.98 Å². The van der Waals surface area contributed by atoms with Gasteiger partial charge >= 0.3 is 0 Å². The highest BCUT2D eigenvalue weighted by Crippen LogP contribution is 2.35. The Morgan fingerprint density at radius 2 is 1.67 bits per heavy atom. The highest BCUT2D eigenvalue weighted by atomic mass is 35.5. The first-order valence-corrected chi connectivity index (χ1v) is 8.05. The van der Waals surface area contributed by atoms with E-state index in [4.69, 9.17) is 23.2 Å². The third kappa shape index (κ3) is 2.59. The molecule has 0 spiro atoms. The van der Waals surface area contributed by atoms with Crippen LogP contribution in [-0.2, 0) is 5.60 Å². The standard InChI is InChI=1S/C17H12Cl2FN3O/c18-12-5-14-15(6-13(12)19)22-16(7-21-14)23-8-17(24,9-23)10-1-3-11(20)4-2-10/h1-7,24H,8-9H2. The number of aromatic nitrogens is 2. The van der Waals surface area contributed by atoms with Crippen molar-refractivity contribution in [1.29, 1.82) is 0 Å². The highest BCUT2D eigenvalue weighted by Gasteiger charge is 2.43. The Bertz CT molecular complexity index is 927. The quantitative estimate of drug-likeness (QED) is 0.752. The molecule has 122 valence electrons. The fourth-order valence-electron chi connectivity index (χ4n) is 2.84. The van der Waals surface area contributed by atoms with Crippen molar-refractivity contribution in [3.8, 4) is 0 Å². The number of rotatable bonds is 2. The van der Waals surface area contributed by atoms with Gasteiger partial charge in [-0.1, -0.05) is 35.3 Å². The normalized spacial score (nSPS) is 16.2. The van der Waals surface area contributed by atoms with Crippen molar-refractivity contribution < 1.29 is 9.50 Å². The van der Waals surface area contributed by atoms with E-state index in [9.17, 15) is 9.50 Å². The molecule has 1 aliphatic rings. The number of hydrogen-bond donors (Lipinski definition) is 1. The molecule has 24 heavy (non-hydrogen) atoms. The van der Waals surface area contributed by atoms with E-state index in [1.165, 1.54) is 12.1 Å². The van der Waals surface area contributed by atoms with Gasteiger partial charge < -0.3 is 10.0 Å². The Kier molecular flexibility index (Phi) is 3.60. The molecule has 0 radical (unpaired) electrons. The van der Waals surface area contributed by atoms with E-state index in [-0.39, 0.29) is 5.82 Å². The Morgan fingerprint density at radius 1 is 1.04 bits per heavy atom. The second-order valence-corrected chi connectivity index (χ2v) is 6.69. The smallest absolute Gasteiger partial charge is 0.148 e. The van der Waals surface area contributed by atoms with Crippen LogP contribution in [0, 0.1) is 5.82 Å². The van der Waals surface area contributed by atoms with Gasteiger partial charge in [-0.2, -0.15) is 0 Å². The maximum Gasteiger partial charge on any atom is 0.148 e. The first kappa shape index (κ1) is 15.6. The van der Waals surface area contributed by atoms with E-state index in [2.05, 4.69) is 9.97 Å². The molecule has 2 heterocycles. The molecule has 0 atom stereocenters. The summed E-state index contributed by atoms with van der Waals surface area (Å²) < 4.78 is 13.0. The predicted octanol–water partition coefficient (Wildman–Crippen LogP) is 3.78. The summed E-state index contributed by atoms with van der Waals surface area (Å²) in [7, 11) is 0. The molecule has 1 fully saturated rings. The first-order chi connectivity index (χ1) is 11.4. The van der Waals surface area contributed by atoms with Gasteiger partial charge in [0.2, 0.25) is 0 Å². The zero-order valence-corrected chi connectivity index (χ0v) is 13.9. The van der Waals surface area contributed by atoms with E-state index in [1.807, 2.05) is 4.90 Å². The number of hydrogen-bond acceptors (Lipinski definition) is 4. The summed E-state index contributed by atoms with van der Waals surface area (Å²) in [5.41, 5.74) is 0.965. The minimum Gasteiger partial charge on any atom is -0.381 e. The van der Waals surface area contributed by atoms with Gasteiger partial charge in [0.15, 0.2) is 0 Å². The van der Waals surface area contributed by atoms with Crippen molar-refractivity contribution in [2.75, 3.05) is 18.0 Å². The number of halogens is 3. The van der Waals surface area contributed by atoms with Gasteiger partial charge in [-0.25, -0.2) is 9.37 Å². The zero-order valence-electron chi connectivity index (χ0n) is 12.4. The maximum atomic E-state index is 13.0. The minimum absolute atomic E-state index is 0.325. The summed E-state index contributed by atoms with van der Waals surface area (Å²) in [6.07, 6.45) is 1.64. The number of benzene rings is 2. The predicted molar refractivity (Wildman–Crippen MR) is 92.1 cm³/mol. The van der Waals surface area contributed by atoms with Crippen LogP contribution in [0.1, 0.15) is 5.56 Å². The average Bonchev–Trinajstić information content (AvgIpc) is 2.53. The number of nitrogens with zero attached hydrogens (tertiary/aromatic N) is 3. The second kappa shape index (κ2) is 5.55. The van der Waals surface area contributed by atoms with Crippen LogP contribution in [0.5, 0.6) is 0 Å². The van der Waals surface area contributed by atoms with E-state index in [0.717, 1.165) is 0 Å². The van der Waals surface area contributed by atoms with Crippen LogP contribution in [0.4, 0.5) is 10.2 Å². The van der Waals surface area contributed by atoms with Crippen molar-refractivity contribution in [3.05, 3.63) is 64.0 Å². The lowest BCUT2D eigenvalue weighted by molar-refractivity contribution is 0.00701. The van der Waals surface area contributed by atoms with E-state index in [1.54, 1.807) is 30.5 Å². The summed E-state index contributed by atoms with van der Waals surface area (Å²) >= 11 is 12.0. The van der Waals surface area contributed by atoms with Crippen molar-refractivity contribution in [3.63, 3.8) is 0 Å². The van der Waals surface area contributed by atoms with Crippen molar-refractivity contribution in [1.82, 2.24) is 9.97 Å². The summed E-state index contributed by atoms with van der Waals surface area (Å²) in [6.45, 7) is 0.723. The average molecular weight is 364 g/mol. The number of fused-ring (bicyclic) bond motifs is 1. The molecule has 2 aromatic carbocycles. The molecule has 3 aromatic rings. The van der Waals surface area contributed by atoms with Crippen molar-refractivity contribution in [2.24, 2.45) is 0 Å². The Labute approximate surface area is 147 Å². The molecule has 1 N–H and O–H groups in total. The number of aliphatic hydroxyl groups is 1. The molecule has 0 bridgehead atoms. The van der Waals surface area contributed by atoms with Crippen LogP contribution in [0.3, 0.4) is 0 Å². The fraction of sp³-hybridized carbons (Fsp3) is 0.176. The molecule has 1 aliphatic heterocycles. The molecule has 0 aliphatic carbocycles. The van der Waals surface area contributed by atoms with Crippen LogP contribution in [0.15, 0.2) is 42.6 Å². The Balaban J connectivity index is 1.59. The van der Waals surface area contributed by atoms with Gasteiger partial charge in [0.1, 0.15) is 17.2 Å². The van der Waals surface area contributed by atoms with Crippen LogP contribution in [0.2, 0.25) is 10.0 Å². The van der Waals surface area contributed by atoms with Gasteiger partial charge in [-0.15, -0.1) is 0 Å².